The van der Waals surface area contributed by atoms with Gasteiger partial charge < -0.3 is 15.6 Å². The summed E-state index contributed by atoms with van der Waals surface area (Å²) >= 11 is 0. The van der Waals surface area contributed by atoms with Crippen LogP contribution < -0.4 is 10.5 Å². The van der Waals surface area contributed by atoms with Gasteiger partial charge in [0.15, 0.2) is 13.1 Å². The molecule has 0 atom stereocenters. The Kier molecular flexibility index (Phi) is 5.73. The quantitative estimate of drug-likeness (QED) is 0.433. The predicted molar refractivity (Wildman–Crippen MR) is 102 cm³/mol. The van der Waals surface area contributed by atoms with E-state index in [0.29, 0.717) is 36.1 Å². The van der Waals surface area contributed by atoms with Crippen molar-refractivity contribution in [3.63, 3.8) is 0 Å². The Morgan fingerprint density at radius 2 is 2.15 bits per heavy atom. The summed E-state index contributed by atoms with van der Waals surface area (Å²) in [5, 5.41) is 13.1. The van der Waals surface area contributed by atoms with Crippen LogP contribution in [0.4, 0.5) is 11.5 Å². The van der Waals surface area contributed by atoms with Gasteiger partial charge in [0.1, 0.15) is 24.7 Å². The first-order chi connectivity index (χ1) is 12.9. The lowest BCUT2D eigenvalue weighted by Crippen LogP contribution is -2.35. The smallest absolute Gasteiger partial charge is 0.229 e. The standard InChI is InChI=1S/C16H22N6O4S/c1-27(24,25)20-14-10-12(21-5-8-26-9-6-21)2-3-13(14)19-15-11-18-22(4-7-23)16(15)17/h2-3,10-11,23H,4-9H2,1H3,(H2,17,18,20)/p+1. The molecule has 0 aromatic carbocycles. The minimum absolute atomic E-state index is 0.0968. The maximum atomic E-state index is 11.8. The number of morpholine rings is 1. The average Bonchev–Trinajstić information content (AvgIpc) is 2.96. The highest BCUT2D eigenvalue weighted by Crippen LogP contribution is 2.23. The van der Waals surface area contributed by atoms with Crippen LogP contribution in [0.3, 0.4) is 0 Å². The number of nitrogens with two attached hydrogens (primary N) is 1. The first kappa shape index (κ1) is 19.3. The third-order valence-corrected chi connectivity index (χ3v) is 4.66. The number of hydrogen-bond donors (Lipinski definition) is 3. The molecule has 3 rings (SSSR count). The third-order valence-electron chi connectivity index (χ3n) is 4.06. The number of aliphatic hydroxyl groups excluding tert-OH is 1. The monoisotopic (exact) mass is 395 g/mol. The van der Waals surface area contributed by atoms with Gasteiger partial charge in [0.25, 0.3) is 0 Å². The molecule has 0 saturated carbocycles. The van der Waals surface area contributed by atoms with Gasteiger partial charge in [-0.15, -0.1) is 0 Å². The minimum Gasteiger partial charge on any atom is -0.394 e. The maximum Gasteiger partial charge on any atom is 0.229 e. The summed E-state index contributed by atoms with van der Waals surface area (Å²) in [4.78, 5) is 4.45. The molecule has 1 aliphatic carbocycles. The zero-order valence-electron chi connectivity index (χ0n) is 15.0. The Morgan fingerprint density at radius 1 is 1.41 bits per heavy atom. The van der Waals surface area contributed by atoms with Gasteiger partial charge in [-0.25, -0.2) is 22.7 Å². The second kappa shape index (κ2) is 8.03. The van der Waals surface area contributed by atoms with Gasteiger partial charge in [0.2, 0.25) is 15.7 Å². The molecule has 0 radical (unpaired) electrons. The molecule has 0 bridgehead atoms. The Morgan fingerprint density at radius 3 is 2.81 bits per heavy atom. The van der Waals surface area contributed by atoms with Gasteiger partial charge in [-0.05, 0) is 6.08 Å². The van der Waals surface area contributed by atoms with E-state index in [1.807, 2.05) is 6.08 Å². The molecule has 0 unspecified atom stereocenters. The number of sulfonamides is 1. The van der Waals surface area contributed by atoms with Gasteiger partial charge in [0, 0.05) is 12.2 Å². The molecule has 27 heavy (non-hydrogen) atoms. The molecule has 11 heteroatoms. The molecule has 1 aromatic heterocycles. The highest BCUT2D eigenvalue weighted by Gasteiger charge is 2.22. The number of nitrogens with one attached hydrogen (secondary N) is 1. The second-order valence-electron chi connectivity index (χ2n) is 6.15. The molecule has 10 nitrogen and oxygen atoms in total. The molecule has 1 saturated heterocycles. The van der Waals surface area contributed by atoms with Crippen LogP contribution in [0.2, 0.25) is 0 Å². The summed E-state index contributed by atoms with van der Waals surface area (Å²) in [6, 6.07) is 0. The molecule has 4 N–H and O–H groups in total. The van der Waals surface area contributed by atoms with Gasteiger partial charge in [-0.1, -0.05) is 0 Å². The number of aliphatic imine (C=N–C) groups is 1. The van der Waals surface area contributed by atoms with Gasteiger partial charge >= 0.3 is 0 Å². The van der Waals surface area contributed by atoms with E-state index < -0.39 is 10.0 Å². The number of allylic oxidation sites excluding steroid dienone is 3. The average molecular weight is 395 g/mol. The number of nitrogens with zero attached hydrogens (tertiary/aromatic N) is 4. The van der Waals surface area contributed by atoms with E-state index >= 15 is 0 Å². The van der Waals surface area contributed by atoms with Crippen LogP contribution in [0.5, 0.6) is 0 Å². The van der Waals surface area contributed by atoms with Crippen molar-refractivity contribution in [2.75, 3.05) is 44.9 Å². The molecule has 1 fully saturated rings. The van der Waals surface area contributed by atoms with Crippen LogP contribution in [0.15, 0.2) is 35.1 Å². The largest absolute Gasteiger partial charge is 0.394 e. The van der Waals surface area contributed by atoms with Crippen molar-refractivity contribution in [3.05, 3.63) is 30.1 Å². The zero-order valence-corrected chi connectivity index (χ0v) is 15.8. The van der Waals surface area contributed by atoms with E-state index in [1.54, 1.807) is 12.2 Å². The normalized spacial score (nSPS) is 19.5. The van der Waals surface area contributed by atoms with E-state index in [-0.39, 0.29) is 13.2 Å². The Labute approximate surface area is 157 Å². The summed E-state index contributed by atoms with van der Waals surface area (Å²) in [5.41, 5.74) is 8.06. The summed E-state index contributed by atoms with van der Waals surface area (Å²) in [7, 11) is -3.49. The van der Waals surface area contributed by atoms with Crippen molar-refractivity contribution in [3.8, 4) is 0 Å². The number of ether oxygens (including phenoxy) is 1. The summed E-state index contributed by atoms with van der Waals surface area (Å²) in [5.74, 6) is 0.298. The molecule has 2 aliphatic rings. The molecule has 0 amide bonds. The van der Waals surface area contributed by atoms with E-state index in [1.165, 1.54) is 10.9 Å². The molecule has 1 aliphatic heterocycles. The van der Waals surface area contributed by atoms with Crippen molar-refractivity contribution in [1.29, 1.82) is 0 Å². The summed E-state index contributed by atoms with van der Waals surface area (Å²) < 4.78 is 35.0. The number of aliphatic hydroxyl groups is 1. The second-order valence-corrected chi connectivity index (χ2v) is 7.90. The highest BCUT2D eigenvalue weighted by atomic mass is 32.2. The SMILES string of the molecule is CS(=O)(=O)NC1=CC(=[N+]2CCOCC2)C=C/C1=N/c1cnn(CCO)c1N. The predicted octanol–water partition coefficient (Wildman–Crippen LogP) is -0.983. The highest BCUT2D eigenvalue weighted by molar-refractivity contribution is 7.88. The molecular formula is C16H23N6O4S+. The minimum atomic E-state index is -3.49. The first-order valence-corrected chi connectivity index (χ1v) is 10.3. The lowest BCUT2D eigenvalue weighted by molar-refractivity contribution is -0.547. The van der Waals surface area contributed by atoms with Gasteiger partial charge in [-0.2, -0.15) is 5.10 Å². The van der Waals surface area contributed by atoms with Crippen molar-refractivity contribution in [2.45, 2.75) is 6.54 Å². The lowest BCUT2D eigenvalue weighted by atomic mass is 10.1. The molecular weight excluding hydrogens is 372 g/mol. The van der Waals surface area contributed by atoms with E-state index in [4.69, 9.17) is 15.6 Å². The molecule has 0 spiro atoms. The lowest BCUT2D eigenvalue weighted by Gasteiger charge is -2.16. The summed E-state index contributed by atoms with van der Waals surface area (Å²) in [6.07, 6.45) is 7.93. The van der Waals surface area contributed by atoms with Crippen LogP contribution in [0, 0.1) is 0 Å². The number of anilines is 1. The van der Waals surface area contributed by atoms with E-state index in [9.17, 15) is 8.42 Å². The van der Waals surface area contributed by atoms with E-state index in [0.717, 1.165) is 25.1 Å². The Hall–Kier alpha value is -2.50. The zero-order chi connectivity index (χ0) is 19.4. The number of nitrogen functional groups attached to an aromatic ring is 1. The van der Waals surface area contributed by atoms with Crippen molar-refractivity contribution < 1.29 is 22.8 Å². The number of rotatable bonds is 5. The van der Waals surface area contributed by atoms with Crippen LogP contribution in [0.1, 0.15) is 0 Å². The van der Waals surface area contributed by atoms with E-state index in [2.05, 4.69) is 19.4 Å². The Balaban J connectivity index is 1.98. The van der Waals surface area contributed by atoms with Crippen LogP contribution in [-0.4, -0.2) is 78.5 Å². The number of hydrogen-bond acceptors (Lipinski definition) is 7. The molecule has 1 aromatic rings. The Bertz CT molecular complexity index is 934. The third kappa shape index (κ3) is 4.81. The fourth-order valence-electron chi connectivity index (χ4n) is 2.80. The van der Waals surface area contributed by atoms with Crippen LogP contribution in [0.25, 0.3) is 0 Å². The molecule has 2 heterocycles. The van der Waals surface area contributed by atoms with Crippen LogP contribution >= 0.6 is 0 Å². The van der Waals surface area contributed by atoms with Crippen molar-refractivity contribution in [1.82, 2.24) is 14.5 Å². The maximum absolute atomic E-state index is 11.8. The van der Waals surface area contributed by atoms with Gasteiger partial charge in [0.05, 0.1) is 37.0 Å². The fraction of sp³-hybridized carbons (Fsp3) is 0.438. The number of aromatic nitrogens is 2. The van der Waals surface area contributed by atoms with Crippen molar-refractivity contribution in [2.24, 2.45) is 4.99 Å². The van der Waals surface area contributed by atoms with Crippen LogP contribution in [-0.2, 0) is 21.3 Å². The topological polar surface area (TPSA) is 135 Å². The fourth-order valence-corrected chi connectivity index (χ4v) is 3.36. The first-order valence-electron chi connectivity index (χ1n) is 8.46. The summed E-state index contributed by atoms with van der Waals surface area (Å²) in [6.45, 7) is 2.88. The van der Waals surface area contributed by atoms with Gasteiger partial charge in [-0.3, -0.25) is 4.72 Å². The van der Waals surface area contributed by atoms with Crippen molar-refractivity contribution >= 4 is 33.0 Å². The molecule has 146 valence electrons.